The molecule has 0 spiro atoms. The maximum atomic E-state index is 6.20. The largest absolute Gasteiger partial charge is 0.453 e. The first-order valence-corrected chi connectivity index (χ1v) is 13.4. The smallest absolute Gasteiger partial charge is 0.164 e. The number of nitrogens with two attached hydrogens (primary N) is 1. The molecule has 2 aromatic heterocycles. The van der Waals surface area contributed by atoms with E-state index in [1.54, 1.807) is 23.0 Å². The van der Waals surface area contributed by atoms with Gasteiger partial charge in [0.2, 0.25) is 0 Å². The molecule has 0 bridgehead atoms. The van der Waals surface area contributed by atoms with Crippen LogP contribution in [0.5, 0.6) is 11.5 Å². The van der Waals surface area contributed by atoms with Crippen molar-refractivity contribution in [1.29, 1.82) is 0 Å². The first kappa shape index (κ1) is 20.9. The summed E-state index contributed by atoms with van der Waals surface area (Å²) in [6.45, 7) is 10.0. The molecule has 0 atom stereocenters. The number of nitrogens with zero attached hydrogens (tertiary/aromatic N) is 3. The Morgan fingerprint density at radius 1 is 1.14 bits per heavy atom. The Labute approximate surface area is 175 Å². The van der Waals surface area contributed by atoms with Crippen LogP contribution in [-0.4, -0.2) is 29.4 Å². The lowest BCUT2D eigenvalue weighted by atomic mass is 10.2. The van der Waals surface area contributed by atoms with Gasteiger partial charge in [0.15, 0.2) is 11.4 Å². The molecule has 0 aliphatic rings. The molecular weight excluding hydrogens is 415 g/mol. The number of benzene rings is 1. The van der Waals surface area contributed by atoms with Gasteiger partial charge in [-0.1, -0.05) is 42.8 Å². The molecule has 28 heavy (non-hydrogen) atoms. The van der Waals surface area contributed by atoms with Crippen molar-refractivity contribution in [2.24, 2.45) is 0 Å². The first-order valence-electron chi connectivity index (χ1n) is 8.97. The third kappa shape index (κ3) is 4.97. The van der Waals surface area contributed by atoms with Gasteiger partial charge in [-0.3, -0.25) is 0 Å². The molecule has 0 amide bonds. The monoisotopic (exact) mass is 438 g/mol. The van der Waals surface area contributed by atoms with E-state index >= 15 is 0 Å². The molecule has 1 aromatic carbocycles. The van der Waals surface area contributed by atoms with Gasteiger partial charge in [0, 0.05) is 25.8 Å². The number of anilines is 1. The van der Waals surface area contributed by atoms with Crippen LogP contribution in [0.2, 0.25) is 35.7 Å². The number of aromatic nitrogens is 3. The fourth-order valence-corrected chi connectivity index (χ4v) is 4.00. The Morgan fingerprint density at radius 3 is 2.46 bits per heavy atom. The molecule has 0 aliphatic carbocycles. The lowest BCUT2D eigenvalue weighted by Gasteiger charge is -2.15. The number of ether oxygens (including phenoxy) is 2. The van der Waals surface area contributed by atoms with Crippen molar-refractivity contribution >= 4 is 48.0 Å². The highest BCUT2D eigenvalue weighted by Gasteiger charge is 2.15. The van der Waals surface area contributed by atoms with E-state index in [4.69, 9.17) is 38.4 Å². The number of nitrogen functional groups attached to an aromatic ring is 1. The van der Waals surface area contributed by atoms with E-state index in [0.29, 0.717) is 34.0 Å². The van der Waals surface area contributed by atoms with Crippen LogP contribution in [0, 0.1) is 6.92 Å². The molecule has 0 unspecified atom stereocenters. The summed E-state index contributed by atoms with van der Waals surface area (Å²) in [4.78, 5) is 4.50. The highest BCUT2D eigenvalue weighted by atomic mass is 35.5. The Hall–Kier alpha value is -1.80. The molecule has 150 valence electrons. The lowest BCUT2D eigenvalue weighted by molar-refractivity contribution is 0.0810. The Bertz CT molecular complexity index is 978. The number of aryl methyl sites for hydroxylation is 1. The molecule has 3 aromatic rings. The first-order chi connectivity index (χ1) is 13.1. The van der Waals surface area contributed by atoms with Gasteiger partial charge >= 0.3 is 0 Å². The Balaban J connectivity index is 1.78. The second kappa shape index (κ2) is 8.29. The standard InChI is InChI=1S/C19H24Cl2N4O2Si/c1-12-15-9-14(27-18-16(20)7-13(22)8-17(18)21)10-23-19(15)25(24-12)11-26-5-6-28(2,3)4/h7-10H,5-6,11,22H2,1-4H3. The normalized spacial score (nSPS) is 11.9. The zero-order valence-electron chi connectivity index (χ0n) is 16.4. The third-order valence-corrected chi connectivity index (χ3v) is 6.46. The molecule has 0 radical (unpaired) electrons. The van der Waals surface area contributed by atoms with Gasteiger partial charge in [0.1, 0.15) is 12.5 Å². The predicted molar refractivity (Wildman–Crippen MR) is 117 cm³/mol. The summed E-state index contributed by atoms with van der Waals surface area (Å²) in [6, 6.07) is 6.16. The maximum absolute atomic E-state index is 6.20. The fraction of sp³-hybridized carbons (Fsp3) is 0.368. The average molecular weight is 439 g/mol. The van der Waals surface area contributed by atoms with E-state index in [0.717, 1.165) is 29.4 Å². The van der Waals surface area contributed by atoms with Crippen molar-refractivity contribution in [1.82, 2.24) is 14.8 Å². The summed E-state index contributed by atoms with van der Waals surface area (Å²) >= 11 is 12.4. The molecule has 2 heterocycles. The number of hydrogen-bond acceptors (Lipinski definition) is 5. The molecule has 9 heteroatoms. The van der Waals surface area contributed by atoms with E-state index in [1.165, 1.54) is 0 Å². The molecule has 0 saturated carbocycles. The summed E-state index contributed by atoms with van der Waals surface area (Å²) in [5, 5.41) is 6.10. The fourth-order valence-electron chi connectivity index (χ4n) is 2.66. The van der Waals surface area contributed by atoms with E-state index in [2.05, 4.69) is 29.7 Å². The minimum atomic E-state index is -1.12. The van der Waals surface area contributed by atoms with Crippen molar-refractivity contribution < 1.29 is 9.47 Å². The van der Waals surface area contributed by atoms with Crippen LogP contribution < -0.4 is 10.5 Å². The van der Waals surface area contributed by atoms with Gasteiger partial charge in [0.25, 0.3) is 0 Å². The third-order valence-electron chi connectivity index (χ3n) is 4.20. The zero-order chi connectivity index (χ0) is 20.5. The van der Waals surface area contributed by atoms with Crippen LogP contribution in [0.4, 0.5) is 5.69 Å². The quantitative estimate of drug-likeness (QED) is 0.289. The van der Waals surface area contributed by atoms with Crippen LogP contribution in [0.3, 0.4) is 0 Å². The van der Waals surface area contributed by atoms with Crippen LogP contribution >= 0.6 is 23.2 Å². The predicted octanol–water partition coefficient (Wildman–Crippen LogP) is 5.73. The highest BCUT2D eigenvalue weighted by Crippen LogP contribution is 2.38. The summed E-state index contributed by atoms with van der Waals surface area (Å²) in [6.07, 6.45) is 1.62. The lowest BCUT2D eigenvalue weighted by Crippen LogP contribution is -2.22. The van der Waals surface area contributed by atoms with Gasteiger partial charge in [-0.25, -0.2) is 9.67 Å². The zero-order valence-corrected chi connectivity index (χ0v) is 18.9. The second-order valence-electron chi connectivity index (χ2n) is 7.89. The van der Waals surface area contributed by atoms with Crippen molar-refractivity contribution in [2.45, 2.75) is 39.3 Å². The summed E-state index contributed by atoms with van der Waals surface area (Å²) in [7, 11) is -1.12. The topological polar surface area (TPSA) is 75.2 Å². The molecule has 2 N–H and O–H groups in total. The van der Waals surface area contributed by atoms with Gasteiger partial charge in [-0.05, 0) is 31.2 Å². The number of hydrogen-bond donors (Lipinski definition) is 1. The van der Waals surface area contributed by atoms with E-state index in [1.807, 2.05) is 13.0 Å². The summed E-state index contributed by atoms with van der Waals surface area (Å²) in [5.41, 5.74) is 7.80. The van der Waals surface area contributed by atoms with Crippen LogP contribution in [0.25, 0.3) is 11.0 Å². The van der Waals surface area contributed by atoms with Crippen LogP contribution in [0.15, 0.2) is 24.4 Å². The number of pyridine rings is 1. The minimum absolute atomic E-state index is 0.341. The van der Waals surface area contributed by atoms with Crippen molar-refractivity contribution in [2.75, 3.05) is 12.3 Å². The van der Waals surface area contributed by atoms with Crippen molar-refractivity contribution in [3.63, 3.8) is 0 Å². The van der Waals surface area contributed by atoms with Gasteiger partial charge < -0.3 is 15.2 Å². The number of rotatable bonds is 7. The highest BCUT2D eigenvalue weighted by molar-refractivity contribution is 6.76. The number of halogens is 2. The van der Waals surface area contributed by atoms with E-state index in [-0.39, 0.29) is 0 Å². The molecule has 3 rings (SSSR count). The number of fused-ring (bicyclic) bond motifs is 1. The van der Waals surface area contributed by atoms with Crippen LogP contribution in [-0.2, 0) is 11.5 Å². The van der Waals surface area contributed by atoms with Gasteiger partial charge in [-0.15, -0.1) is 0 Å². The minimum Gasteiger partial charge on any atom is -0.453 e. The van der Waals surface area contributed by atoms with Crippen molar-refractivity contribution in [3.8, 4) is 11.5 Å². The second-order valence-corrected chi connectivity index (χ2v) is 14.3. The van der Waals surface area contributed by atoms with E-state index < -0.39 is 8.07 Å². The maximum Gasteiger partial charge on any atom is 0.164 e. The Kier molecular flexibility index (Phi) is 6.19. The summed E-state index contributed by atoms with van der Waals surface area (Å²) in [5.74, 6) is 0.863. The average Bonchev–Trinajstić information content (AvgIpc) is 2.90. The molecule has 0 fully saturated rings. The summed E-state index contributed by atoms with van der Waals surface area (Å²) < 4.78 is 13.4. The SMILES string of the molecule is Cc1nn(COCC[Si](C)(C)C)c2ncc(Oc3c(Cl)cc(N)cc3Cl)cc12. The van der Waals surface area contributed by atoms with Gasteiger partial charge in [0.05, 0.1) is 21.9 Å². The van der Waals surface area contributed by atoms with Crippen molar-refractivity contribution in [3.05, 3.63) is 40.1 Å². The molecule has 0 saturated heterocycles. The van der Waals surface area contributed by atoms with E-state index in [9.17, 15) is 0 Å². The Morgan fingerprint density at radius 2 is 1.82 bits per heavy atom. The molecule has 0 aliphatic heterocycles. The molecular formula is C19H24Cl2N4O2Si. The molecule has 6 nitrogen and oxygen atoms in total. The van der Waals surface area contributed by atoms with Crippen LogP contribution in [0.1, 0.15) is 5.69 Å². The van der Waals surface area contributed by atoms with Gasteiger partial charge in [-0.2, -0.15) is 5.10 Å².